The minimum absolute atomic E-state index is 0.867. The summed E-state index contributed by atoms with van der Waals surface area (Å²) in [6, 6.07) is 69.8. The van der Waals surface area contributed by atoms with Gasteiger partial charge in [0, 0.05) is 55.7 Å². The molecule has 0 aliphatic carbocycles. The third-order valence-corrected chi connectivity index (χ3v) is 10.7. The molecule has 0 saturated carbocycles. The molecule has 0 aliphatic heterocycles. The van der Waals surface area contributed by atoms with Crippen LogP contribution in [-0.2, 0) is 0 Å². The van der Waals surface area contributed by atoms with Crippen LogP contribution in [0.1, 0.15) is 0 Å². The van der Waals surface area contributed by atoms with Gasteiger partial charge >= 0.3 is 0 Å². The van der Waals surface area contributed by atoms with Gasteiger partial charge in [-0.25, -0.2) is 0 Å². The predicted molar refractivity (Wildman–Crippen MR) is 223 cm³/mol. The fraction of sp³-hybridized carbons (Fsp3) is 0. The summed E-state index contributed by atoms with van der Waals surface area (Å²) >= 11 is 0. The summed E-state index contributed by atoms with van der Waals surface area (Å²) in [6.07, 6.45) is 0. The number of para-hydroxylation sites is 2. The van der Waals surface area contributed by atoms with E-state index in [0.717, 1.165) is 55.6 Å². The largest absolute Gasteiger partial charge is 0.455 e. The lowest BCUT2D eigenvalue weighted by Crippen LogP contribution is -2.10. The fourth-order valence-electron chi connectivity index (χ4n) is 8.21. The molecule has 0 amide bonds. The molecule has 2 aromatic heterocycles. The first kappa shape index (κ1) is 29.6. The number of fused-ring (bicyclic) bond motifs is 9. The van der Waals surface area contributed by atoms with Gasteiger partial charge in [0.25, 0.3) is 0 Å². The standard InChI is InChI=1S/C50H32N2O/c1-3-11-33(12-4-1)35-19-20-37-30-39(23-21-36(37)29-35)51(41-25-28-45-46-26-22-34-13-7-8-16-42(34)50(46)53-49(45)32-41)40-24-27-44-43-17-9-10-18-47(43)52(48(44)31-40)38-14-5-2-6-15-38/h1-32H. The van der Waals surface area contributed by atoms with Crippen LogP contribution in [0.15, 0.2) is 199 Å². The highest BCUT2D eigenvalue weighted by atomic mass is 16.3. The molecular formula is C50H32N2O. The van der Waals surface area contributed by atoms with Crippen molar-refractivity contribution in [3.05, 3.63) is 194 Å². The highest BCUT2D eigenvalue weighted by Gasteiger charge is 2.20. The van der Waals surface area contributed by atoms with Crippen LogP contribution in [0.25, 0.3) is 82.1 Å². The minimum Gasteiger partial charge on any atom is -0.455 e. The third-order valence-electron chi connectivity index (χ3n) is 10.7. The molecule has 11 rings (SSSR count). The van der Waals surface area contributed by atoms with Crippen molar-refractivity contribution >= 4 is 82.4 Å². The van der Waals surface area contributed by atoms with Crippen molar-refractivity contribution in [2.45, 2.75) is 0 Å². The van der Waals surface area contributed by atoms with Gasteiger partial charge in [-0.15, -0.1) is 0 Å². The van der Waals surface area contributed by atoms with Crippen LogP contribution in [0.5, 0.6) is 0 Å². The zero-order valence-electron chi connectivity index (χ0n) is 28.8. The number of furan rings is 1. The smallest absolute Gasteiger partial charge is 0.143 e. The van der Waals surface area contributed by atoms with Crippen molar-refractivity contribution in [3.63, 3.8) is 0 Å². The average Bonchev–Trinajstić information content (AvgIpc) is 3.77. The Morgan fingerprint density at radius 3 is 1.83 bits per heavy atom. The highest BCUT2D eigenvalue weighted by molar-refractivity contribution is 6.16. The van der Waals surface area contributed by atoms with E-state index in [-0.39, 0.29) is 0 Å². The fourth-order valence-corrected chi connectivity index (χ4v) is 8.21. The van der Waals surface area contributed by atoms with Gasteiger partial charge in [0.05, 0.1) is 11.0 Å². The molecule has 0 bridgehead atoms. The topological polar surface area (TPSA) is 21.3 Å². The molecule has 2 heterocycles. The quantitative estimate of drug-likeness (QED) is 0.181. The molecule has 3 nitrogen and oxygen atoms in total. The van der Waals surface area contributed by atoms with E-state index in [9.17, 15) is 0 Å². The van der Waals surface area contributed by atoms with E-state index < -0.39 is 0 Å². The normalized spacial score (nSPS) is 11.8. The molecule has 11 aromatic rings. The molecule has 0 atom stereocenters. The SMILES string of the molecule is c1ccc(-c2ccc3cc(N(c4ccc5c(c4)oc4c6ccccc6ccc54)c4ccc5c6ccccc6n(-c6ccccc6)c5c4)ccc3c2)cc1. The second-order valence-electron chi connectivity index (χ2n) is 13.8. The minimum atomic E-state index is 0.867. The number of hydrogen-bond donors (Lipinski definition) is 0. The maximum Gasteiger partial charge on any atom is 0.143 e. The van der Waals surface area contributed by atoms with E-state index in [4.69, 9.17) is 4.42 Å². The summed E-state index contributed by atoms with van der Waals surface area (Å²) in [5.74, 6) is 0. The molecular weight excluding hydrogens is 645 g/mol. The first-order valence-electron chi connectivity index (χ1n) is 18.1. The maximum absolute atomic E-state index is 6.71. The van der Waals surface area contributed by atoms with Gasteiger partial charge in [-0.3, -0.25) is 0 Å². The number of anilines is 3. The van der Waals surface area contributed by atoms with E-state index in [1.807, 2.05) is 0 Å². The Kier molecular flexibility index (Phi) is 6.55. The molecule has 0 N–H and O–H groups in total. The number of aromatic nitrogens is 1. The average molecular weight is 677 g/mol. The predicted octanol–water partition coefficient (Wildman–Crippen LogP) is 14.1. The van der Waals surface area contributed by atoms with Gasteiger partial charge in [-0.1, -0.05) is 121 Å². The molecule has 0 radical (unpaired) electrons. The molecule has 0 spiro atoms. The Bertz CT molecular complexity index is 3170. The second-order valence-corrected chi connectivity index (χ2v) is 13.8. The Hall–Kier alpha value is -7.10. The number of benzene rings is 9. The lowest BCUT2D eigenvalue weighted by molar-refractivity contribution is 0.672. The molecule has 53 heavy (non-hydrogen) atoms. The van der Waals surface area contributed by atoms with Crippen molar-refractivity contribution in [1.29, 1.82) is 0 Å². The summed E-state index contributed by atoms with van der Waals surface area (Å²) in [5, 5.41) is 9.39. The van der Waals surface area contributed by atoms with Gasteiger partial charge < -0.3 is 13.9 Å². The zero-order valence-corrected chi connectivity index (χ0v) is 28.8. The third kappa shape index (κ3) is 4.75. The van der Waals surface area contributed by atoms with Crippen LogP contribution in [0.2, 0.25) is 0 Å². The van der Waals surface area contributed by atoms with Gasteiger partial charge in [0.2, 0.25) is 0 Å². The Balaban J connectivity index is 1.14. The van der Waals surface area contributed by atoms with Gasteiger partial charge in [-0.05, 0) is 94.0 Å². The molecule has 248 valence electrons. The molecule has 0 fully saturated rings. The van der Waals surface area contributed by atoms with Crippen molar-refractivity contribution in [2.75, 3.05) is 4.90 Å². The number of rotatable bonds is 5. The first-order chi connectivity index (χ1) is 26.3. The zero-order chi connectivity index (χ0) is 34.9. The summed E-state index contributed by atoms with van der Waals surface area (Å²) in [6.45, 7) is 0. The van der Waals surface area contributed by atoms with Crippen LogP contribution in [0.3, 0.4) is 0 Å². The molecule has 0 aliphatic rings. The Morgan fingerprint density at radius 2 is 0.962 bits per heavy atom. The van der Waals surface area contributed by atoms with Crippen LogP contribution < -0.4 is 4.90 Å². The van der Waals surface area contributed by atoms with Crippen molar-refractivity contribution in [1.82, 2.24) is 4.57 Å². The molecule has 0 saturated heterocycles. The van der Waals surface area contributed by atoms with Crippen molar-refractivity contribution < 1.29 is 4.42 Å². The Labute approximate surface area is 306 Å². The summed E-state index contributed by atoms with van der Waals surface area (Å²) < 4.78 is 9.09. The van der Waals surface area contributed by atoms with E-state index in [1.54, 1.807) is 0 Å². The van der Waals surface area contributed by atoms with Crippen LogP contribution >= 0.6 is 0 Å². The summed E-state index contributed by atoms with van der Waals surface area (Å²) in [7, 11) is 0. The summed E-state index contributed by atoms with van der Waals surface area (Å²) in [4.78, 5) is 2.36. The van der Waals surface area contributed by atoms with E-state index in [2.05, 4.69) is 204 Å². The number of hydrogen-bond acceptors (Lipinski definition) is 2. The molecule has 0 unspecified atom stereocenters. The summed E-state index contributed by atoms with van der Waals surface area (Å²) in [5.41, 5.74) is 10.9. The Morgan fingerprint density at radius 1 is 0.358 bits per heavy atom. The molecule has 3 heteroatoms. The van der Waals surface area contributed by atoms with E-state index in [0.29, 0.717) is 0 Å². The maximum atomic E-state index is 6.71. The lowest BCUT2D eigenvalue weighted by atomic mass is 10.0. The van der Waals surface area contributed by atoms with Gasteiger partial charge in [-0.2, -0.15) is 0 Å². The van der Waals surface area contributed by atoms with E-state index in [1.165, 1.54) is 43.6 Å². The van der Waals surface area contributed by atoms with Crippen LogP contribution in [0.4, 0.5) is 17.1 Å². The van der Waals surface area contributed by atoms with Gasteiger partial charge in [0.15, 0.2) is 0 Å². The lowest BCUT2D eigenvalue weighted by Gasteiger charge is -2.26. The second kappa shape index (κ2) is 11.7. The highest BCUT2D eigenvalue weighted by Crippen LogP contribution is 2.43. The number of nitrogens with zero attached hydrogens (tertiary/aromatic N) is 2. The van der Waals surface area contributed by atoms with Crippen LogP contribution in [0, 0.1) is 0 Å². The monoisotopic (exact) mass is 676 g/mol. The van der Waals surface area contributed by atoms with Crippen molar-refractivity contribution in [2.24, 2.45) is 0 Å². The van der Waals surface area contributed by atoms with Crippen molar-refractivity contribution in [3.8, 4) is 16.8 Å². The van der Waals surface area contributed by atoms with Gasteiger partial charge in [0.1, 0.15) is 11.2 Å². The van der Waals surface area contributed by atoms with E-state index >= 15 is 0 Å². The van der Waals surface area contributed by atoms with Crippen LogP contribution in [-0.4, -0.2) is 4.57 Å². The molecule has 9 aromatic carbocycles. The first-order valence-corrected chi connectivity index (χ1v) is 18.1.